The third-order valence-corrected chi connectivity index (χ3v) is 2.58. The number of allylic oxidation sites excluding steroid dienone is 3. The van der Waals surface area contributed by atoms with Crippen molar-refractivity contribution in [2.24, 2.45) is 0 Å². The van der Waals surface area contributed by atoms with E-state index in [2.05, 4.69) is 6.42 Å². The van der Waals surface area contributed by atoms with Gasteiger partial charge in [-0.3, -0.25) is 0 Å². The predicted octanol–water partition coefficient (Wildman–Crippen LogP) is 3.86. The molecule has 0 heterocycles. The average Bonchev–Trinajstić information content (AvgIpc) is 2.29. The highest BCUT2D eigenvalue weighted by Crippen LogP contribution is 2.27. The SMILES string of the molecule is COC1=CC[CH]C(c2cccc(Cl)c2)=C1. The maximum absolute atomic E-state index is 5.95. The fourth-order valence-electron chi connectivity index (χ4n) is 1.58. The molecule has 1 aliphatic carbocycles. The van der Waals surface area contributed by atoms with Crippen LogP contribution in [-0.4, -0.2) is 7.11 Å². The molecule has 0 saturated heterocycles. The Morgan fingerprint density at radius 3 is 2.93 bits per heavy atom. The van der Waals surface area contributed by atoms with Gasteiger partial charge in [0.15, 0.2) is 0 Å². The molecule has 0 fully saturated rings. The Morgan fingerprint density at radius 2 is 2.20 bits per heavy atom. The van der Waals surface area contributed by atoms with Gasteiger partial charge in [-0.05, 0) is 48.3 Å². The Morgan fingerprint density at radius 1 is 1.33 bits per heavy atom. The standard InChI is InChI=1S/C13H12ClO/c1-15-13-7-3-5-11(9-13)10-4-2-6-12(14)8-10/h2,4-9H,3H2,1H3. The van der Waals surface area contributed by atoms with Gasteiger partial charge < -0.3 is 4.74 Å². The van der Waals surface area contributed by atoms with Gasteiger partial charge in [-0.15, -0.1) is 0 Å². The van der Waals surface area contributed by atoms with Crippen LogP contribution in [0.4, 0.5) is 0 Å². The highest BCUT2D eigenvalue weighted by molar-refractivity contribution is 6.30. The minimum absolute atomic E-state index is 0.760. The van der Waals surface area contributed by atoms with Gasteiger partial charge in [0.25, 0.3) is 0 Å². The van der Waals surface area contributed by atoms with Crippen LogP contribution in [0, 0.1) is 6.42 Å². The van der Waals surface area contributed by atoms with Crippen molar-refractivity contribution in [3.63, 3.8) is 0 Å². The monoisotopic (exact) mass is 219 g/mol. The molecule has 0 aliphatic heterocycles. The smallest absolute Gasteiger partial charge is 0.115 e. The summed E-state index contributed by atoms with van der Waals surface area (Å²) in [5.41, 5.74) is 2.29. The number of hydrogen-bond donors (Lipinski definition) is 0. The molecule has 2 rings (SSSR count). The first-order valence-electron chi connectivity index (χ1n) is 4.84. The van der Waals surface area contributed by atoms with Crippen LogP contribution in [0.1, 0.15) is 12.0 Å². The quantitative estimate of drug-likeness (QED) is 0.734. The van der Waals surface area contributed by atoms with E-state index in [1.165, 1.54) is 0 Å². The van der Waals surface area contributed by atoms with E-state index >= 15 is 0 Å². The van der Waals surface area contributed by atoms with E-state index in [4.69, 9.17) is 16.3 Å². The van der Waals surface area contributed by atoms with Gasteiger partial charge in [0.05, 0.1) is 7.11 Å². The van der Waals surface area contributed by atoms with E-state index in [0.717, 1.165) is 28.3 Å². The molecule has 0 aromatic heterocycles. The van der Waals surface area contributed by atoms with Crippen molar-refractivity contribution in [1.82, 2.24) is 0 Å². The van der Waals surface area contributed by atoms with Crippen molar-refractivity contribution in [3.8, 4) is 0 Å². The van der Waals surface area contributed by atoms with Crippen molar-refractivity contribution in [1.29, 1.82) is 0 Å². The number of hydrogen-bond acceptors (Lipinski definition) is 1. The topological polar surface area (TPSA) is 9.23 Å². The molecule has 0 spiro atoms. The molecule has 1 aliphatic rings. The minimum Gasteiger partial charge on any atom is -0.497 e. The summed E-state index contributed by atoms with van der Waals surface area (Å²) < 4.78 is 5.20. The number of halogens is 1. The van der Waals surface area contributed by atoms with Gasteiger partial charge in [-0.1, -0.05) is 23.7 Å². The lowest BCUT2D eigenvalue weighted by atomic mass is 9.97. The summed E-state index contributed by atoms with van der Waals surface area (Å²) in [6.07, 6.45) is 7.14. The second-order valence-corrected chi connectivity index (χ2v) is 3.80. The molecule has 2 heteroatoms. The molecule has 1 aromatic rings. The van der Waals surface area contributed by atoms with Crippen molar-refractivity contribution in [3.05, 3.63) is 59.2 Å². The van der Waals surface area contributed by atoms with Gasteiger partial charge in [0.2, 0.25) is 0 Å². The van der Waals surface area contributed by atoms with Gasteiger partial charge in [0, 0.05) is 5.02 Å². The van der Waals surface area contributed by atoms with Crippen LogP contribution in [0.25, 0.3) is 5.57 Å². The first kappa shape index (κ1) is 10.3. The second-order valence-electron chi connectivity index (χ2n) is 3.36. The van der Waals surface area contributed by atoms with E-state index in [-0.39, 0.29) is 0 Å². The summed E-state index contributed by atoms with van der Waals surface area (Å²) >= 11 is 5.95. The van der Waals surface area contributed by atoms with E-state index in [1.54, 1.807) is 7.11 Å². The van der Waals surface area contributed by atoms with Crippen LogP contribution >= 0.6 is 11.6 Å². The van der Waals surface area contributed by atoms with Gasteiger partial charge in [-0.2, -0.15) is 0 Å². The fourth-order valence-corrected chi connectivity index (χ4v) is 1.77. The second kappa shape index (κ2) is 4.54. The first-order chi connectivity index (χ1) is 7.29. The van der Waals surface area contributed by atoms with Crippen LogP contribution in [-0.2, 0) is 4.74 Å². The first-order valence-corrected chi connectivity index (χ1v) is 5.22. The largest absolute Gasteiger partial charge is 0.497 e. The summed E-state index contributed by atoms with van der Waals surface area (Å²) in [5.74, 6) is 0.910. The zero-order valence-electron chi connectivity index (χ0n) is 8.53. The lowest BCUT2D eigenvalue weighted by Crippen LogP contribution is -1.94. The third kappa shape index (κ3) is 2.42. The Hall–Kier alpha value is -1.21. The van der Waals surface area contributed by atoms with Crippen molar-refractivity contribution in [2.75, 3.05) is 7.11 Å². The van der Waals surface area contributed by atoms with E-state index in [0.29, 0.717) is 0 Å². The number of ether oxygens (including phenoxy) is 1. The lowest BCUT2D eigenvalue weighted by molar-refractivity contribution is 0.305. The number of rotatable bonds is 2. The Balaban J connectivity index is 2.31. The zero-order chi connectivity index (χ0) is 10.7. The van der Waals surface area contributed by atoms with Crippen LogP contribution in [0.5, 0.6) is 0 Å². The van der Waals surface area contributed by atoms with Crippen LogP contribution < -0.4 is 0 Å². The van der Waals surface area contributed by atoms with Gasteiger partial charge in [-0.25, -0.2) is 0 Å². The molecule has 1 aromatic carbocycles. The molecule has 0 bridgehead atoms. The highest BCUT2D eigenvalue weighted by Gasteiger charge is 2.08. The fraction of sp³-hybridized carbons (Fsp3) is 0.154. The summed E-state index contributed by atoms with van der Waals surface area (Å²) in [6, 6.07) is 7.84. The molecule has 0 atom stereocenters. The Labute approximate surface area is 95.0 Å². The summed E-state index contributed by atoms with van der Waals surface area (Å²) in [5, 5.41) is 0.760. The predicted molar refractivity (Wildman–Crippen MR) is 63.4 cm³/mol. The number of benzene rings is 1. The van der Waals surface area contributed by atoms with Crippen molar-refractivity contribution in [2.45, 2.75) is 6.42 Å². The molecular weight excluding hydrogens is 208 g/mol. The minimum atomic E-state index is 0.760. The van der Waals surface area contributed by atoms with Crippen molar-refractivity contribution < 1.29 is 4.74 Å². The maximum Gasteiger partial charge on any atom is 0.115 e. The molecule has 0 amide bonds. The van der Waals surface area contributed by atoms with Gasteiger partial charge >= 0.3 is 0 Å². The van der Waals surface area contributed by atoms with E-state index in [9.17, 15) is 0 Å². The summed E-state index contributed by atoms with van der Waals surface area (Å²) in [7, 11) is 1.68. The highest BCUT2D eigenvalue weighted by atomic mass is 35.5. The molecule has 1 nitrogen and oxygen atoms in total. The third-order valence-electron chi connectivity index (χ3n) is 2.35. The van der Waals surface area contributed by atoms with Crippen LogP contribution in [0.2, 0.25) is 5.02 Å². The molecule has 0 saturated carbocycles. The summed E-state index contributed by atoms with van der Waals surface area (Å²) in [6.45, 7) is 0. The van der Waals surface area contributed by atoms with Gasteiger partial charge in [0.1, 0.15) is 5.76 Å². The Kier molecular flexibility index (Phi) is 3.12. The molecule has 77 valence electrons. The van der Waals surface area contributed by atoms with E-state index in [1.807, 2.05) is 36.4 Å². The summed E-state index contributed by atoms with van der Waals surface area (Å²) in [4.78, 5) is 0. The maximum atomic E-state index is 5.95. The average molecular weight is 220 g/mol. The van der Waals surface area contributed by atoms with Crippen LogP contribution in [0.3, 0.4) is 0 Å². The lowest BCUT2D eigenvalue weighted by Gasteiger charge is -2.13. The molecular formula is C13H12ClO. The zero-order valence-corrected chi connectivity index (χ0v) is 9.29. The molecule has 15 heavy (non-hydrogen) atoms. The van der Waals surface area contributed by atoms with Crippen molar-refractivity contribution >= 4 is 17.2 Å². The van der Waals surface area contributed by atoms with E-state index < -0.39 is 0 Å². The molecule has 0 unspecified atom stereocenters. The molecule has 0 N–H and O–H groups in total. The normalized spacial score (nSPS) is 15.6. The van der Waals surface area contributed by atoms with Crippen LogP contribution in [0.15, 0.2) is 42.2 Å². The number of methoxy groups -OCH3 is 1. The molecule has 1 radical (unpaired) electrons. The Bertz CT molecular complexity index is 418.